The molecule has 0 aromatic heterocycles. The van der Waals surface area contributed by atoms with E-state index in [9.17, 15) is 13.2 Å². The van der Waals surface area contributed by atoms with E-state index in [0.29, 0.717) is 31.1 Å². The number of hydrogen-bond donors (Lipinski definition) is 1. The van der Waals surface area contributed by atoms with Crippen LogP contribution in [-0.2, 0) is 14.8 Å². The van der Waals surface area contributed by atoms with Crippen LogP contribution in [0.2, 0.25) is 0 Å². The highest BCUT2D eigenvalue weighted by atomic mass is 32.2. The highest BCUT2D eigenvalue weighted by Crippen LogP contribution is 2.31. The van der Waals surface area contributed by atoms with Crippen molar-refractivity contribution in [3.63, 3.8) is 0 Å². The summed E-state index contributed by atoms with van der Waals surface area (Å²) in [6.45, 7) is 5.08. The van der Waals surface area contributed by atoms with Gasteiger partial charge in [-0.15, -0.1) is 0 Å². The Morgan fingerprint density at radius 2 is 1.84 bits per heavy atom. The van der Waals surface area contributed by atoms with Crippen molar-refractivity contribution in [1.82, 2.24) is 4.31 Å². The minimum Gasteiger partial charge on any atom is -0.496 e. The number of ether oxygens (including phenoxy) is 2. The van der Waals surface area contributed by atoms with Gasteiger partial charge in [0.05, 0.1) is 13.7 Å². The third-order valence-electron chi connectivity index (χ3n) is 4.99. The third kappa shape index (κ3) is 5.45. The van der Waals surface area contributed by atoms with Gasteiger partial charge < -0.3 is 14.8 Å². The predicted molar refractivity (Wildman–Crippen MR) is 121 cm³/mol. The van der Waals surface area contributed by atoms with Gasteiger partial charge in [0.2, 0.25) is 15.9 Å². The lowest BCUT2D eigenvalue weighted by Gasteiger charge is -2.19. The fraction of sp³-hybridized carbons (Fsp3) is 0.348. The van der Waals surface area contributed by atoms with Gasteiger partial charge in [0.1, 0.15) is 16.4 Å². The van der Waals surface area contributed by atoms with E-state index < -0.39 is 10.0 Å². The monoisotopic (exact) mass is 444 g/mol. The van der Waals surface area contributed by atoms with Gasteiger partial charge in [-0.25, -0.2) is 8.42 Å². The van der Waals surface area contributed by atoms with Crippen LogP contribution >= 0.6 is 0 Å². The number of carbonyl (C=O) groups excluding carboxylic acids is 1. The molecule has 1 saturated heterocycles. The average molecular weight is 445 g/mol. The second kappa shape index (κ2) is 9.98. The van der Waals surface area contributed by atoms with Crippen LogP contribution in [0.3, 0.4) is 0 Å². The molecule has 0 spiro atoms. The molecule has 0 radical (unpaired) electrons. The molecule has 3 rings (SSSR count). The molecule has 1 aliphatic rings. The third-order valence-corrected chi connectivity index (χ3v) is 6.91. The van der Waals surface area contributed by atoms with Gasteiger partial charge in [0, 0.05) is 30.4 Å². The number of methoxy groups -OCH3 is 1. The number of nitrogens with one attached hydrogen (secondary N) is 1. The van der Waals surface area contributed by atoms with Gasteiger partial charge in [0.25, 0.3) is 0 Å². The van der Waals surface area contributed by atoms with Crippen molar-refractivity contribution in [1.29, 1.82) is 0 Å². The summed E-state index contributed by atoms with van der Waals surface area (Å²) in [7, 11) is -2.12. The maximum Gasteiger partial charge on any atom is 0.248 e. The zero-order valence-corrected chi connectivity index (χ0v) is 18.9. The lowest BCUT2D eigenvalue weighted by Crippen LogP contribution is -2.28. The van der Waals surface area contributed by atoms with Gasteiger partial charge in [-0.1, -0.05) is 11.6 Å². The second-order valence-electron chi connectivity index (χ2n) is 7.27. The van der Waals surface area contributed by atoms with Crippen molar-refractivity contribution >= 4 is 27.7 Å². The molecule has 1 N–H and O–H groups in total. The first kappa shape index (κ1) is 22.8. The molecule has 0 atom stereocenters. The molecule has 166 valence electrons. The lowest BCUT2D eigenvalue weighted by atomic mass is 10.1. The Balaban J connectivity index is 1.83. The summed E-state index contributed by atoms with van der Waals surface area (Å²) in [5, 5.41) is 2.73. The van der Waals surface area contributed by atoms with E-state index in [1.165, 1.54) is 16.4 Å². The van der Waals surface area contributed by atoms with Gasteiger partial charge in [-0.05, 0) is 63.1 Å². The Labute approximate surface area is 183 Å². The molecule has 7 nitrogen and oxygen atoms in total. The number of carbonyl (C=O) groups is 1. The van der Waals surface area contributed by atoms with Crippen molar-refractivity contribution in [3.8, 4) is 11.5 Å². The molecule has 1 fully saturated rings. The fourth-order valence-corrected chi connectivity index (χ4v) is 5.14. The largest absolute Gasteiger partial charge is 0.496 e. The molecule has 0 saturated carbocycles. The zero-order chi connectivity index (χ0) is 22.4. The Kier molecular flexibility index (Phi) is 7.35. The summed E-state index contributed by atoms with van der Waals surface area (Å²) in [6, 6.07) is 10.4. The predicted octanol–water partition coefficient (Wildman–Crippen LogP) is 3.84. The number of hydrogen-bond acceptors (Lipinski definition) is 5. The number of amides is 1. The highest BCUT2D eigenvalue weighted by Gasteiger charge is 2.30. The molecule has 1 amide bonds. The average Bonchev–Trinajstić information content (AvgIpc) is 3.29. The molecular weight excluding hydrogens is 416 g/mol. The van der Waals surface area contributed by atoms with Crippen molar-refractivity contribution in [3.05, 3.63) is 53.6 Å². The first-order valence-electron chi connectivity index (χ1n) is 10.3. The Hall–Kier alpha value is -2.84. The van der Waals surface area contributed by atoms with Crippen molar-refractivity contribution in [2.75, 3.05) is 32.1 Å². The summed E-state index contributed by atoms with van der Waals surface area (Å²) in [4.78, 5) is 12.5. The quantitative estimate of drug-likeness (QED) is 0.626. The van der Waals surface area contributed by atoms with Gasteiger partial charge in [0.15, 0.2) is 0 Å². The van der Waals surface area contributed by atoms with Gasteiger partial charge >= 0.3 is 0 Å². The number of rotatable bonds is 8. The van der Waals surface area contributed by atoms with E-state index in [1.54, 1.807) is 32.2 Å². The van der Waals surface area contributed by atoms with E-state index in [0.717, 1.165) is 24.0 Å². The number of anilines is 1. The second-order valence-corrected chi connectivity index (χ2v) is 9.18. The molecule has 0 bridgehead atoms. The molecule has 0 unspecified atom stereocenters. The van der Waals surface area contributed by atoms with Crippen molar-refractivity contribution < 1.29 is 22.7 Å². The van der Waals surface area contributed by atoms with Crippen molar-refractivity contribution in [2.45, 2.75) is 31.6 Å². The summed E-state index contributed by atoms with van der Waals surface area (Å²) in [5.74, 6) is 0.569. The zero-order valence-electron chi connectivity index (χ0n) is 18.1. The molecular formula is C23H28N2O5S. The van der Waals surface area contributed by atoms with E-state index in [2.05, 4.69) is 5.32 Å². The van der Waals surface area contributed by atoms with Crippen LogP contribution in [0.1, 0.15) is 30.9 Å². The topological polar surface area (TPSA) is 84.9 Å². The lowest BCUT2D eigenvalue weighted by molar-refractivity contribution is -0.111. The standard InChI is InChI=1S/C23H28N2O5S/c1-4-30-21-11-9-19(16-22(21)31(27,28)25-13-5-6-14-25)24-23(26)12-8-18-15-17(2)7-10-20(18)29-3/h7-12,15-16H,4-6,13-14H2,1-3H3,(H,24,26)/b12-8+. The fourth-order valence-electron chi connectivity index (χ4n) is 3.46. The minimum atomic E-state index is -3.70. The highest BCUT2D eigenvalue weighted by molar-refractivity contribution is 7.89. The molecule has 0 aliphatic carbocycles. The van der Waals surface area contributed by atoms with E-state index >= 15 is 0 Å². The van der Waals surface area contributed by atoms with E-state index in [-0.39, 0.29) is 16.6 Å². The molecule has 8 heteroatoms. The van der Waals surface area contributed by atoms with Crippen LogP contribution in [0.4, 0.5) is 5.69 Å². The van der Waals surface area contributed by atoms with Crippen LogP contribution < -0.4 is 14.8 Å². The van der Waals surface area contributed by atoms with Crippen LogP contribution in [-0.4, -0.2) is 45.4 Å². The Bertz CT molecular complexity index is 1070. The number of nitrogens with zero attached hydrogens (tertiary/aromatic N) is 1. The minimum absolute atomic E-state index is 0.0679. The number of benzene rings is 2. The SMILES string of the molecule is CCOc1ccc(NC(=O)/C=C/c2cc(C)ccc2OC)cc1S(=O)(=O)N1CCCC1. The van der Waals surface area contributed by atoms with Gasteiger partial charge in [-0.3, -0.25) is 4.79 Å². The van der Waals surface area contributed by atoms with Crippen molar-refractivity contribution in [2.24, 2.45) is 0 Å². The van der Waals surface area contributed by atoms with E-state index in [1.807, 2.05) is 25.1 Å². The molecule has 2 aromatic carbocycles. The number of aryl methyl sites for hydroxylation is 1. The van der Waals surface area contributed by atoms with Crippen LogP contribution in [0.25, 0.3) is 6.08 Å². The normalized spacial score (nSPS) is 14.7. The Morgan fingerprint density at radius 1 is 1.13 bits per heavy atom. The number of sulfonamides is 1. The molecule has 1 heterocycles. The Morgan fingerprint density at radius 3 is 2.52 bits per heavy atom. The summed E-state index contributed by atoms with van der Waals surface area (Å²) >= 11 is 0. The van der Waals surface area contributed by atoms with Crippen LogP contribution in [0.15, 0.2) is 47.4 Å². The van der Waals surface area contributed by atoms with Crippen LogP contribution in [0.5, 0.6) is 11.5 Å². The van der Waals surface area contributed by atoms with Crippen LogP contribution in [0, 0.1) is 6.92 Å². The van der Waals surface area contributed by atoms with E-state index in [4.69, 9.17) is 9.47 Å². The molecule has 31 heavy (non-hydrogen) atoms. The summed E-state index contributed by atoms with van der Waals surface area (Å²) < 4.78 is 38.5. The first-order valence-corrected chi connectivity index (χ1v) is 11.7. The maximum atomic E-state index is 13.1. The smallest absolute Gasteiger partial charge is 0.248 e. The molecule has 2 aromatic rings. The molecule has 1 aliphatic heterocycles. The summed E-state index contributed by atoms with van der Waals surface area (Å²) in [6.07, 6.45) is 4.74. The first-order chi connectivity index (χ1) is 14.8. The summed E-state index contributed by atoms with van der Waals surface area (Å²) in [5.41, 5.74) is 2.21. The van der Waals surface area contributed by atoms with Gasteiger partial charge in [-0.2, -0.15) is 4.31 Å². The maximum absolute atomic E-state index is 13.1.